The number of phenolic OH excluding ortho intramolecular Hbond substituents is 1. The van der Waals surface area contributed by atoms with Crippen molar-refractivity contribution in [1.29, 1.82) is 0 Å². The monoisotopic (exact) mass is 430 g/mol. The van der Waals surface area contributed by atoms with Gasteiger partial charge < -0.3 is 19.6 Å². The van der Waals surface area contributed by atoms with Crippen molar-refractivity contribution in [1.82, 2.24) is 9.80 Å². The smallest absolute Gasteiger partial charge is 0.253 e. The third kappa shape index (κ3) is 5.22. The number of benzene rings is 1. The number of rotatable bonds is 2. The number of hydrogen-bond donors (Lipinski definition) is 1. The third-order valence-corrected chi connectivity index (χ3v) is 6.43. The number of amides is 2. The lowest BCUT2D eigenvalue weighted by Gasteiger charge is -2.36. The van der Waals surface area contributed by atoms with Crippen molar-refractivity contribution < 1.29 is 19.4 Å². The first-order chi connectivity index (χ1) is 14.4. The normalized spacial score (nSPS) is 18.9. The van der Waals surface area contributed by atoms with Crippen LogP contribution >= 0.6 is 0 Å². The lowest BCUT2D eigenvalue weighted by atomic mass is 9.78. The summed E-state index contributed by atoms with van der Waals surface area (Å²) in [4.78, 5) is 29.9. The molecule has 0 unspecified atom stereocenters. The molecule has 2 aliphatic heterocycles. The van der Waals surface area contributed by atoms with Crippen molar-refractivity contribution in [3.63, 3.8) is 0 Å². The molecule has 1 aromatic rings. The van der Waals surface area contributed by atoms with E-state index in [2.05, 4.69) is 0 Å². The minimum Gasteiger partial charge on any atom is -0.507 e. The van der Waals surface area contributed by atoms with Crippen LogP contribution in [0.2, 0.25) is 0 Å². The quantitative estimate of drug-likeness (QED) is 0.777. The minimum absolute atomic E-state index is 0.0164. The van der Waals surface area contributed by atoms with Crippen LogP contribution in [0.5, 0.6) is 5.75 Å². The highest BCUT2D eigenvalue weighted by Crippen LogP contribution is 2.40. The number of ether oxygens (including phenoxy) is 1. The highest BCUT2D eigenvalue weighted by molar-refractivity contribution is 5.95. The Bertz CT molecular complexity index is 786. The van der Waals surface area contributed by atoms with Crippen LogP contribution in [0.15, 0.2) is 12.1 Å². The fraction of sp³-hybridized carbons (Fsp3) is 0.680. The number of carbonyl (C=O) groups excluding carboxylic acids is 2. The molecule has 0 radical (unpaired) electrons. The molecule has 0 bridgehead atoms. The van der Waals surface area contributed by atoms with Gasteiger partial charge in [0, 0.05) is 48.8 Å². The molecule has 31 heavy (non-hydrogen) atoms. The molecular formula is C25H38N2O4. The maximum absolute atomic E-state index is 13.4. The van der Waals surface area contributed by atoms with E-state index in [1.807, 2.05) is 63.5 Å². The van der Waals surface area contributed by atoms with Gasteiger partial charge >= 0.3 is 0 Å². The second kappa shape index (κ2) is 8.81. The zero-order valence-electron chi connectivity index (χ0n) is 20.0. The predicted octanol–water partition coefficient (Wildman–Crippen LogP) is 3.70. The van der Waals surface area contributed by atoms with Crippen LogP contribution in [0.4, 0.5) is 0 Å². The van der Waals surface area contributed by atoms with Gasteiger partial charge in [-0.05, 0) is 35.8 Å². The molecule has 1 N–H and O–H groups in total. The van der Waals surface area contributed by atoms with Crippen LogP contribution in [-0.4, -0.2) is 66.1 Å². The SMILES string of the molecule is CC(C)(C)c1cc(C(=O)N2CCC(C(=O)N3CCOCC3)CC2)cc(C(C)(C)C)c1O. The van der Waals surface area contributed by atoms with Gasteiger partial charge in [-0.25, -0.2) is 0 Å². The molecule has 2 aliphatic rings. The van der Waals surface area contributed by atoms with Gasteiger partial charge in [-0.1, -0.05) is 41.5 Å². The summed E-state index contributed by atoms with van der Waals surface area (Å²) in [5.74, 6) is 0.446. The maximum atomic E-state index is 13.4. The van der Waals surface area contributed by atoms with Crippen molar-refractivity contribution in [2.45, 2.75) is 65.2 Å². The fourth-order valence-electron chi connectivity index (χ4n) is 4.46. The zero-order valence-corrected chi connectivity index (χ0v) is 20.0. The Morgan fingerprint density at radius 2 is 1.35 bits per heavy atom. The number of likely N-dealkylation sites (tertiary alicyclic amines) is 1. The molecule has 2 saturated heterocycles. The molecule has 0 aromatic heterocycles. The fourth-order valence-corrected chi connectivity index (χ4v) is 4.46. The minimum atomic E-state index is -0.280. The summed E-state index contributed by atoms with van der Waals surface area (Å²) < 4.78 is 5.35. The van der Waals surface area contributed by atoms with E-state index in [-0.39, 0.29) is 34.3 Å². The largest absolute Gasteiger partial charge is 0.507 e. The van der Waals surface area contributed by atoms with Crippen molar-refractivity contribution in [3.8, 4) is 5.75 Å². The van der Waals surface area contributed by atoms with E-state index >= 15 is 0 Å². The molecule has 6 heteroatoms. The summed E-state index contributed by atoms with van der Waals surface area (Å²) in [6.45, 7) is 16.0. The van der Waals surface area contributed by atoms with E-state index in [4.69, 9.17) is 4.74 Å². The van der Waals surface area contributed by atoms with Crippen LogP contribution in [0, 0.1) is 5.92 Å². The topological polar surface area (TPSA) is 70.1 Å². The van der Waals surface area contributed by atoms with Gasteiger partial charge in [-0.3, -0.25) is 9.59 Å². The van der Waals surface area contributed by atoms with Gasteiger partial charge in [-0.2, -0.15) is 0 Å². The molecule has 2 amide bonds. The van der Waals surface area contributed by atoms with Crippen LogP contribution in [0.1, 0.15) is 75.9 Å². The highest BCUT2D eigenvalue weighted by atomic mass is 16.5. The van der Waals surface area contributed by atoms with E-state index in [1.54, 1.807) is 0 Å². The molecule has 0 aliphatic carbocycles. The molecule has 2 fully saturated rings. The summed E-state index contributed by atoms with van der Waals surface area (Å²) in [7, 11) is 0. The predicted molar refractivity (Wildman–Crippen MR) is 122 cm³/mol. The number of morpholine rings is 1. The summed E-state index contributed by atoms with van der Waals surface area (Å²) in [6.07, 6.45) is 1.39. The number of nitrogens with zero attached hydrogens (tertiary/aromatic N) is 2. The second-order valence-electron chi connectivity index (χ2n) is 10.9. The average Bonchev–Trinajstić information content (AvgIpc) is 2.72. The summed E-state index contributed by atoms with van der Waals surface area (Å²) in [5, 5.41) is 10.9. The lowest BCUT2D eigenvalue weighted by molar-refractivity contribution is -0.141. The van der Waals surface area contributed by atoms with Crippen molar-refractivity contribution >= 4 is 11.8 Å². The Balaban J connectivity index is 1.77. The molecular weight excluding hydrogens is 392 g/mol. The molecule has 6 nitrogen and oxygen atoms in total. The van der Waals surface area contributed by atoms with Crippen molar-refractivity contribution in [2.75, 3.05) is 39.4 Å². The summed E-state index contributed by atoms with van der Waals surface area (Å²) in [6, 6.07) is 3.69. The van der Waals surface area contributed by atoms with Crippen molar-refractivity contribution in [2.24, 2.45) is 5.92 Å². The first kappa shape index (κ1) is 23.6. The van der Waals surface area contributed by atoms with Gasteiger partial charge in [0.15, 0.2) is 0 Å². The summed E-state index contributed by atoms with van der Waals surface area (Å²) in [5.41, 5.74) is 1.64. The average molecular weight is 431 g/mol. The van der Waals surface area contributed by atoms with Gasteiger partial charge in [0.05, 0.1) is 13.2 Å². The van der Waals surface area contributed by atoms with Gasteiger partial charge in [-0.15, -0.1) is 0 Å². The van der Waals surface area contributed by atoms with Crippen molar-refractivity contribution in [3.05, 3.63) is 28.8 Å². The van der Waals surface area contributed by atoms with E-state index in [1.165, 1.54) is 0 Å². The van der Waals surface area contributed by atoms with Crippen LogP contribution < -0.4 is 0 Å². The van der Waals surface area contributed by atoms with Gasteiger partial charge in [0.1, 0.15) is 5.75 Å². The van der Waals surface area contributed by atoms with Gasteiger partial charge in [0.2, 0.25) is 5.91 Å². The Morgan fingerprint density at radius 3 is 1.81 bits per heavy atom. The van der Waals surface area contributed by atoms with E-state index < -0.39 is 0 Å². The van der Waals surface area contributed by atoms with E-state index in [9.17, 15) is 14.7 Å². The Kier molecular flexibility index (Phi) is 6.70. The van der Waals surface area contributed by atoms with Gasteiger partial charge in [0.25, 0.3) is 5.91 Å². The van der Waals surface area contributed by atoms with E-state index in [0.29, 0.717) is 57.8 Å². The highest BCUT2D eigenvalue weighted by Gasteiger charge is 2.33. The maximum Gasteiger partial charge on any atom is 0.253 e. The Hall–Kier alpha value is -2.08. The number of hydrogen-bond acceptors (Lipinski definition) is 4. The zero-order chi connectivity index (χ0) is 23.0. The molecule has 0 atom stereocenters. The first-order valence-corrected chi connectivity index (χ1v) is 11.4. The number of piperidine rings is 1. The number of carbonyl (C=O) groups is 2. The number of phenols is 1. The second-order valence-corrected chi connectivity index (χ2v) is 10.9. The van der Waals surface area contributed by atoms with Crippen LogP contribution in [-0.2, 0) is 20.4 Å². The molecule has 3 rings (SSSR count). The standard InChI is InChI=1S/C25H38N2O4/c1-24(2,3)19-15-18(16-20(21(19)28)25(4,5)6)23(30)26-9-7-17(8-10-26)22(29)27-11-13-31-14-12-27/h15-17,28H,7-14H2,1-6H3. The molecule has 172 valence electrons. The first-order valence-electron chi connectivity index (χ1n) is 11.4. The van der Waals surface area contributed by atoms with Crippen LogP contribution in [0.25, 0.3) is 0 Å². The third-order valence-electron chi connectivity index (χ3n) is 6.43. The molecule has 1 aromatic carbocycles. The van der Waals surface area contributed by atoms with Crippen LogP contribution in [0.3, 0.4) is 0 Å². The van der Waals surface area contributed by atoms with E-state index in [0.717, 1.165) is 11.1 Å². The Morgan fingerprint density at radius 1 is 0.871 bits per heavy atom. The lowest BCUT2D eigenvalue weighted by Crippen LogP contribution is -2.47. The number of aromatic hydroxyl groups is 1. The molecule has 0 spiro atoms. The summed E-state index contributed by atoms with van der Waals surface area (Å²) >= 11 is 0. The Labute approximate surface area is 186 Å². The molecule has 2 heterocycles. The molecule has 0 saturated carbocycles.